The van der Waals surface area contributed by atoms with Gasteiger partial charge in [-0.25, -0.2) is 9.97 Å². The Morgan fingerprint density at radius 3 is 2.28 bits per heavy atom. The molecule has 3 heterocycles. The van der Waals surface area contributed by atoms with Gasteiger partial charge in [0.2, 0.25) is 0 Å². The number of carbonyl (C=O) groups is 1. The second-order valence-electron chi connectivity index (χ2n) is 13.3. The standard InChI is InChI=1S/C27H23N4.C13H24O2.Ir/c1-27(2,3)21-15-19(14-18-9-4-6-10-20(18)21)24-25-26(29-16-28-24)31-22-11-7-5-8-17(22)12-13-23(31)30-25;1-5-10(6-2)12(14)9-13(15)11(7-3)8-4;/h4-11,15-16H,12-13H2,1-3H3;9-11,14H,5-8H2,1-4H3;/q-1;;/b;12-9-;. The predicted octanol–water partition coefficient (Wildman–Crippen LogP) is 9.70. The molecule has 0 fully saturated rings. The Hall–Kier alpha value is -3.67. The number of carbonyl (C=O) groups excluding carboxylic acids is 1. The second-order valence-corrected chi connectivity index (χ2v) is 13.3. The van der Waals surface area contributed by atoms with Gasteiger partial charge in [0, 0.05) is 50.1 Å². The number of ketones is 1. The number of imidazole rings is 1. The molecule has 47 heavy (non-hydrogen) atoms. The van der Waals surface area contributed by atoms with Crippen molar-refractivity contribution in [3.05, 3.63) is 95.8 Å². The molecule has 0 spiro atoms. The number of hydrogen-bond acceptors (Lipinski definition) is 5. The van der Waals surface area contributed by atoms with Crippen molar-refractivity contribution in [2.24, 2.45) is 11.8 Å². The van der Waals surface area contributed by atoms with E-state index in [1.165, 1.54) is 28.3 Å². The van der Waals surface area contributed by atoms with E-state index in [1.54, 1.807) is 6.33 Å². The number of aliphatic hydroxyl groups excluding tert-OH is 1. The van der Waals surface area contributed by atoms with Crippen molar-refractivity contribution in [2.75, 3.05) is 0 Å². The Bertz CT molecular complexity index is 1880. The number of aromatic nitrogens is 4. The molecule has 0 aliphatic carbocycles. The molecule has 0 saturated heterocycles. The summed E-state index contributed by atoms with van der Waals surface area (Å²) >= 11 is 0. The largest absolute Gasteiger partial charge is 0.512 e. The number of benzene rings is 3. The predicted molar refractivity (Wildman–Crippen MR) is 188 cm³/mol. The molecular weight excluding hydrogens is 761 g/mol. The topological polar surface area (TPSA) is 80.9 Å². The van der Waals surface area contributed by atoms with Crippen molar-refractivity contribution in [1.82, 2.24) is 19.5 Å². The van der Waals surface area contributed by atoms with E-state index < -0.39 is 0 Å². The molecule has 1 aliphatic rings. The summed E-state index contributed by atoms with van der Waals surface area (Å²) in [4.78, 5) is 26.1. The van der Waals surface area contributed by atoms with E-state index in [1.807, 2.05) is 27.7 Å². The summed E-state index contributed by atoms with van der Waals surface area (Å²) in [6, 6.07) is 22.8. The fraction of sp³-hybridized carbons (Fsp3) is 0.400. The third-order valence-electron chi connectivity index (χ3n) is 9.28. The van der Waals surface area contributed by atoms with Gasteiger partial charge in [0.25, 0.3) is 0 Å². The first kappa shape index (κ1) is 36.2. The van der Waals surface area contributed by atoms with Crippen molar-refractivity contribution in [3.63, 3.8) is 0 Å². The van der Waals surface area contributed by atoms with Crippen LogP contribution in [0.2, 0.25) is 0 Å². The SMILES string of the molecule is CC(C)(C)c1cc(-c2ncnc3c2nc2n3-c3ccccc3CC2)[c-]c2ccccc12.CCC(CC)C(=O)/C=C(\O)C(CC)CC.[Ir]. The number of fused-ring (bicyclic) bond motifs is 6. The summed E-state index contributed by atoms with van der Waals surface area (Å²) in [6.07, 6.45) is 8.47. The molecule has 6 nitrogen and oxygen atoms in total. The summed E-state index contributed by atoms with van der Waals surface area (Å²) in [5.41, 5.74) is 7.34. The van der Waals surface area contributed by atoms with Gasteiger partial charge in [-0.15, -0.1) is 29.1 Å². The first-order valence-electron chi connectivity index (χ1n) is 16.8. The minimum atomic E-state index is 0. The third kappa shape index (κ3) is 7.58. The molecule has 1 aliphatic heterocycles. The Kier molecular flexibility index (Phi) is 11.9. The number of nitrogens with zero attached hydrogens (tertiary/aromatic N) is 4. The molecule has 3 aromatic carbocycles. The Morgan fingerprint density at radius 1 is 0.936 bits per heavy atom. The molecule has 0 atom stereocenters. The van der Waals surface area contributed by atoms with Gasteiger partial charge in [0.15, 0.2) is 11.4 Å². The van der Waals surface area contributed by atoms with Crippen molar-refractivity contribution >= 4 is 27.7 Å². The van der Waals surface area contributed by atoms with Gasteiger partial charge in [-0.2, -0.15) is 0 Å². The van der Waals surface area contributed by atoms with Crippen molar-refractivity contribution in [1.29, 1.82) is 0 Å². The van der Waals surface area contributed by atoms with Crippen LogP contribution >= 0.6 is 0 Å². The molecule has 0 bridgehead atoms. The first-order valence-corrected chi connectivity index (χ1v) is 16.8. The van der Waals surface area contributed by atoms with Gasteiger partial charge in [-0.3, -0.25) is 14.3 Å². The Labute approximate surface area is 293 Å². The van der Waals surface area contributed by atoms with Crippen LogP contribution in [0.4, 0.5) is 0 Å². The van der Waals surface area contributed by atoms with Crippen LogP contribution in [0.1, 0.15) is 91.1 Å². The Morgan fingerprint density at radius 2 is 1.60 bits per heavy atom. The van der Waals surface area contributed by atoms with Gasteiger partial charge in [-0.1, -0.05) is 95.8 Å². The maximum Gasteiger partial charge on any atom is 0.162 e. The van der Waals surface area contributed by atoms with Crippen LogP contribution in [0.15, 0.2) is 72.8 Å². The van der Waals surface area contributed by atoms with E-state index in [-0.39, 0.29) is 48.9 Å². The second kappa shape index (κ2) is 15.5. The zero-order valence-corrected chi connectivity index (χ0v) is 31.1. The van der Waals surface area contributed by atoms with E-state index in [2.05, 4.69) is 96.0 Å². The third-order valence-corrected chi connectivity index (χ3v) is 9.28. The van der Waals surface area contributed by atoms with Gasteiger partial charge < -0.3 is 5.11 Å². The normalized spacial score (nSPS) is 12.8. The molecule has 2 aromatic heterocycles. The smallest absolute Gasteiger partial charge is 0.162 e. The zero-order valence-electron chi connectivity index (χ0n) is 28.7. The molecular formula is C40H47IrN4O2-. The van der Waals surface area contributed by atoms with Gasteiger partial charge in [0.1, 0.15) is 17.7 Å². The van der Waals surface area contributed by atoms with E-state index in [4.69, 9.17) is 4.98 Å². The zero-order chi connectivity index (χ0) is 33.0. The number of hydrogen-bond donors (Lipinski definition) is 1. The number of para-hydroxylation sites is 1. The minimum Gasteiger partial charge on any atom is -0.512 e. The van der Waals surface area contributed by atoms with Crippen molar-refractivity contribution in [3.8, 4) is 16.9 Å². The van der Waals surface area contributed by atoms with Crippen molar-refractivity contribution in [2.45, 2.75) is 92.4 Å². The molecule has 6 rings (SSSR count). The van der Waals surface area contributed by atoms with Crippen LogP contribution in [-0.2, 0) is 43.2 Å². The maximum atomic E-state index is 11.7. The molecule has 5 aromatic rings. The first-order chi connectivity index (χ1) is 22.1. The van der Waals surface area contributed by atoms with Crippen LogP contribution < -0.4 is 0 Å². The monoisotopic (exact) mass is 808 g/mol. The molecule has 0 unspecified atom stereocenters. The minimum absolute atomic E-state index is 0. The van der Waals surface area contributed by atoms with Gasteiger partial charge in [-0.05, 0) is 49.1 Å². The molecule has 0 saturated carbocycles. The average Bonchev–Trinajstić information content (AvgIpc) is 3.45. The number of aryl methyl sites for hydroxylation is 2. The van der Waals surface area contributed by atoms with Crippen LogP contribution in [0, 0.1) is 17.9 Å². The van der Waals surface area contributed by atoms with E-state index in [0.717, 1.165) is 72.2 Å². The fourth-order valence-electron chi connectivity index (χ4n) is 6.50. The van der Waals surface area contributed by atoms with E-state index in [0.29, 0.717) is 0 Å². The van der Waals surface area contributed by atoms with Crippen LogP contribution in [-0.4, -0.2) is 30.4 Å². The molecule has 1 radical (unpaired) electrons. The summed E-state index contributed by atoms with van der Waals surface area (Å²) in [7, 11) is 0. The number of allylic oxidation sites excluding steroid dienone is 2. The number of rotatable bonds is 8. The molecule has 7 heteroatoms. The van der Waals surface area contributed by atoms with Gasteiger partial charge in [0.05, 0.1) is 11.4 Å². The van der Waals surface area contributed by atoms with E-state index in [9.17, 15) is 9.90 Å². The molecule has 0 amide bonds. The summed E-state index contributed by atoms with van der Waals surface area (Å²) in [5.74, 6) is 1.60. The molecule has 1 N–H and O–H groups in total. The maximum absolute atomic E-state index is 11.7. The van der Waals surface area contributed by atoms with Crippen LogP contribution in [0.5, 0.6) is 0 Å². The average molecular weight is 808 g/mol. The Balaban J connectivity index is 0.000000269. The van der Waals surface area contributed by atoms with E-state index >= 15 is 0 Å². The quantitative estimate of drug-likeness (QED) is 0.0960. The number of aliphatic hydroxyl groups is 1. The van der Waals surface area contributed by atoms with Crippen molar-refractivity contribution < 1.29 is 30.0 Å². The van der Waals surface area contributed by atoms with Crippen LogP contribution in [0.3, 0.4) is 0 Å². The summed E-state index contributed by atoms with van der Waals surface area (Å²) in [6.45, 7) is 14.8. The molecule has 249 valence electrons. The summed E-state index contributed by atoms with van der Waals surface area (Å²) < 4.78 is 2.20. The summed E-state index contributed by atoms with van der Waals surface area (Å²) in [5, 5.41) is 12.1. The van der Waals surface area contributed by atoms with Crippen LogP contribution in [0.25, 0.3) is 38.9 Å². The fourth-order valence-corrected chi connectivity index (χ4v) is 6.50. The van der Waals surface area contributed by atoms with Gasteiger partial charge >= 0.3 is 0 Å².